The van der Waals surface area contributed by atoms with Crippen molar-refractivity contribution in [2.24, 2.45) is 5.92 Å². The number of likely N-dealkylation sites (tertiary alicyclic amines) is 1. The maximum absolute atomic E-state index is 12.1. The lowest BCUT2D eigenvalue weighted by atomic mass is 10.0. The molecule has 2 atom stereocenters. The summed E-state index contributed by atoms with van der Waals surface area (Å²) >= 11 is 0. The van der Waals surface area contributed by atoms with Crippen molar-refractivity contribution >= 4 is 5.91 Å². The van der Waals surface area contributed by atoms with E-state index in [4.69, 9.17) is 9.84 Å². The van der Waals surface area contributed by atoms with Crippen molar-refractivity contribution in [3.05, 3.63) is 29.8 Å². The second-order valence-electron chi connectivity index (χ2n) is 5.43. The molecule has 2 rings (SSSR count). The number of methoxy groups -OCH3 is 1. The molecule has 1 amide bonds. The number of aliphatic hydroxyl groups excluding tert-OH is 1. The molecule has 4 nitrogen and oxygen atoms in total. The molecule has 0 radical (unpaired) electrons. The van der Waals surface area contributed by atoms with Crippen LogP contribution in [0.2, 0.25) is 0 Å². The number of aliphatic hydroxyl groups is 1. The molecule has 1 aromatic rings. The summed E-state index contributed by atoms with van der Waals surface area (Å²) in [5.41, 5.74) is 1.13. The molecule has 0 aromatic heterocycles. The summed E-state index contributed by atoms with van der Waals surface area (Å²) in [6.45, 7) is 3.07. The van der Waals surface area contributed by atoms with Crippen molar-refractivity contribution in [3.8, 4) is 5.75 Å². The van der Waals surface area contributed by atoms with Crippen LogP contribution in [0.3, 0.4) is 0 Å². The van der Waals surface area contributed by atoms with Crippen LogP contribution in [0.1, 0.15) is 37.8 Å². The van der Waals surface area contributed by atoms with Crippen LogP contribution in [0.25, 0.3) is 0 Å². The SMILES string of the molecule is COc1ccc([C@@H](C)N2C[C@H](CCCO)CC2=O)cc1. The number of amides is 1. The Morgan fingerprint density at radius 2 is 2.10 bits per heavy atom. The van der Waals surface area contributed by atoms with E-state index in [2.05, 4.69) is 6.92 Å². The first kappa shape index (κ1) is 14.9. The molecule has 110 valence electrons. The number of hydrogen-bond donors (Lipinski definition) is 1. The summed E-state index contributed by atoms with van der Waals surface area (Å²) in [6.07, 6.45) is 2.32. The number of benzene rings is 1. The minimum atomic E-state index is 0.0903. The van der Waals surface area contributed by atoms with Crippen molar-refractivity contribution in [2.75, 3.05) is 20.3 Å². The molecule has 1 N–H and O–H groups in total. The summed E-state index contributed by atoms with van der Waals surface area (Å²) in [5.74, 6) is 1.43. The fraction of sp³-hybridized carbons (Fsp3) is 0.562. The molecule has 1 aromatic carbocycles. The number of rotatable bonds is 6. The summed E-state index contributed by atoms with van der Waals surface area (Å²) in [4.78, 5) is 14.1. The third kappa shape index (κ3) is 3.31. The zero-order valence-corrected chi connectivity index (χ0v) is 12.2. The molecule has 1 fully saturated rings. The molecule has 0 saturated carbocycles. The predicted molar refractivity (Wildman–Crippen MR) is 77.5 cm³/mol. The average Bonchev–Trinajstić information content (AvgIpc) is 2.85. The standard InChI is InChI=1S/C16H23NO3/c1-12(14-5-7-15(20-2)8-6-14)17-11-13(4-3-9-18)10-16(17)19/h5-8,12-13,18H,3-4,9-11H2,1-2H3/t12-,13-/m1/s1. The number of ether oxygens (including phenoxy) is 1. The lowest BCUT2D eigenvalue weighted by Crippen LogP contribution is -2.28. The highest BCUT2D eigenvalue weighted by molar-refractivity contribution is 5.79. The van der Waals surface area contributed by atoms with Gasteiger partial charge in [-0.15, -0.1) is 0 Å². The summed E-state index contributed by atoms with van der Waals surface area (Å²) in [5, 5.41) is 8.88. The minimum Gasteiger partial charge on any atom is -0.497 e. The van der Waals surface area contributed by atoms with Crippen LogP contribution in [0.15, 0.2) is 24.3 Å². The van der Waals surface area contributed by atoms with Gasteiger partial charge in [-0.3, -0.25) is 4.79 Å². The zero-order chi connectivity index (χ0) is 14.5. The fourth-order valence-electron chi connectivity index (χ4n) is 2.82. The first-order valence-electron chi connectivity index (χ1n) is 7.20. The van der Waals surface area contributed by atoms with E-state index in [0.29, 0.717) is 12.3 Å². The van der Waals surface area contributed by atoms with Gasteiger partial charge >= 0.3 is 0 Å². The van der Waals surface area contributed by atoms with Crippen LogP contribution >= 0.6 is 0 Å². The number of hydrogen-bond acceptors (Lipinski definition) is 3. The molecule has 1 aliphatic rings. The van der Waals surface area contributed by atoms with Crippen molar-refractivity contribution in [2.45, 2.75) is 32.2 Å². The highest BCUT2D eigenvalue weighted by atomic mass is 16.5. The van der Waals surface area contributed by atoms with Gasteiger partial charge in [0, 0.05) is 19.6 Å². The zero-order valence-electron chi connectivity index (χ0n) is 12.2. The quantitative estimate of drug-likeness (QED) is 0.868. The maximum Gasteiger partial charge on any atom is 0.223 e. The van der Waals surface area contributed by atoms with E-state index >= 15 is 0 Å². The Hall–Kier alpha value is -1.55. The van der Waals surface area contributed by atoms with Crippen molar-refractivity contribution in [1.29, 1.82) is 0 Å². The van der Waals surface area contributed by atoms with Gasteiger partial charge in [0.1, 0.15) is 5.75 Å². The van der Waals surface area contributed by atoms with Gasteiger partial charge in [0.05, 0.1) is 13.2 Å². The Morgan fingerprint density at radius 1 is 1.40 bits per heavy atom. The third-order valence-corrected chi connectivity index (χ3v) is 4.07. The van der Waals surface area contributed by atoms with Crippen molar-refractivity contribution in [3.63, 3.8) is 0 Å². The number of carbonyl (C=O) groups excluding carboxylic acids is 1. The molecule has 1 aliphatic heterocycles. The Morgan fingerprint density at radius 3 is 2.70 bits per heavy atom. The molecular formula is C16H23NO3. The van der Waals surface area contributed by atoms with Gasteiger partial charge in [0.25, 0.3) is 0 Å². The fourth-order valence-corrected chi connectivity index (χ4v) is 2.82. The van der Waals surface area contributed by atoms with Gasteiger partial charge in [-0.05, 0) is 43.4 Å². The molecule has 0 unspecified atom stereocenters. The van der Waals surface area contributed by atoms with Gasteiger partial charge in [-0.2, -0.15) is 0 Å². The minimum absolute atomic E-state index is 0.0903. The van der Waals surface area contributed by atoms with Crippen molar-refractivity contribution < 1.29 is 14.6 Å². The van der Waals surface area contributed by atoms with E-state index in [1.165, 1.54) is 0 Å². The first-order valence-corrected chi connectivity index (χ1v) is 7.20. The molecule has 4 heteroatoms. The van der Waals surface area contributed by atoms with Crippen LogP contribution in [-0.4, -0.2) is 36.2 Å². The van der Waals surface area contributed by atoms with E-state index in [1.54, 1.807) is 7.11 Å². The third-order valence-electron chi connectivity index (χ3n) is 4.07. The van der Waals surface area contributed by atoms with Gasteiger partial charge < -0.3 is 14.7 Å². The normalized spacial score (nSPS) is 20.2. The molecule has 0 aliphatic carbocycles. The highest BCUT2D eigenvalue weighted by Crippen LogP contribution is 2.31. The van der Waals surface area contributed by atoms with Crippen LogP contribution in [0.5, 0.6) is 5.75 Å². The van der Waals surface area contributed by atoms with Crippen LogP contribution < -0.4 is 4.74 Å². The Balaban J connectivity index is 2.00. The van der Waals surface area contributed by atoms with Crippen LogP contribution in [0.4, 0.5) is 0 Å². The molecule has 20 heavy (non-hydrogen) atoms. The van der Waals surface area contributed by atoms with E-state index in [0.717, 1.165) is 30.7 Å². The summed E-state index contributed by atoms with van der Waals surface area (Å²) < 4.78 is 5.15. The molecule has 0 spiro atoms. The monoisotopic (exact) mass is 277 g/mol. The van der Waals surface area contributed by atoms with Crippen LogP contribution in [0, 0.1) is 5.92 Å². The van der Waals surface area contributed by atoms with Gasteiger partial charge in [0.2, 0.25) is 5.91 Å². The number of nitrogens with zero attached hydrogens (tertiary/aromatic N) is 1. The smallest absolute Gasteiger partial charge is 0.223 e. The Kier molecular flexibility index (Phi) is 5.01. The van der Waals surface area contributed by atoms with E-state index in [1.807, 2.05) is 29.2 Å². The predicted octanol–water partition coefficient (Wildman–Crippen LogP) is 2.38. The van der Waals surface area contributed by atoms with Gasteiger partial charge in [-0.25, -0.2) is 0 Å². The Bertz CT molecular complexity index is 444. The largest absolute Gasteiger partial charge is 0.497 e. The first-order chi connectivity index (χ1) is 9.65. The summed E-state index contributed by atoms with van der Waals surface area (Å²) in [7, 11) is 1.65. The average molecular weight is 277 g/mol. The van der Waals surface area contributed by atoms with E-state index < -0.39 is 0 Å². The van der Waals surface area contributed by atoms with Crippen LogP contribution in [-0.2, 0) is 4.79 Å². The molecule has 0 bridgehead atoms. The summed E-state index contributed by atoms with van der Waals surface area (Å²) in [6, 6.07) is 7.97. The Labute approximate surface area is 120 Å². The van der Waals surface area contributed by atoms with E-state index in [9.17, 15) is 4.79 Å². The topological polar surface area (TPSA) is 49.8 Å². The molecule has 1 heterocycles. The lowest BCUT2D eigenvalue weighted by Gasteiger charge is -2.25. The lowest BCUT2D eigenvalue weighted by molar-refractivity contribution is -0.129. The second-order valence-corrected chi connectivity index (χ2v) is 5.43. The molecule has 1 saturated heterocycles. The van der Waals surface area contributed by atoms with Gasteiger partial charge in [0.15, 0.2) is 0 Å². The highest BCUT2D eigenvalue weighted by Gasteiger charge is 2.32. The van der Waals surface area contributed by atoms with Gasteiger partial charge in [-0.1, -0.05) is 12.1 Å². The maximum atomic E-state index is 12.1. The van der Waals surface area contributed by atoms with Crippen molar-refractivity contribution in [1.82, 2.24) is 4.90 Å². The van der Waals surface area contributed by atoms with E-state index in [-0.39, 0.29) is 18.6 Å². The number of carbonyl (C=O) groups is 1. The molecular weight excluding hydrogens is 254 g/mol. The second kappa shape index (κ2) is 6.75.